The molecule has 2 heterocycles. The first-order chi connectivity index (χ1) is 12.3. The highest BCUT2D eigenvalue weighted by molar-refractivity contribution is 7.90. The number of sulfone groups is 1. The third-order valence-electron chi connectivity index (χ3n) is 5.42. The molecule has 0 spiro atoms. The minimum atomic E-state index is -3.21. The maximum atomic E-state index is 11.7. The Morgan fingerprint density at radius 3 is 2.77 bits per heavy atom. The molecule has 0 amide bonds. The van der Waals surface area contributed by atoms with Crippen LogP contribution >= 0.6 is 11.3 Å². The van der Waals surface area contributed by atoms with Crippen molar-refractivity contribution < 1.29 is 18.3 Å². The van der Waals surface area contributed by atoms with E-state index in [1.807, 2.05) is 5.38 Å². The summed E-state index contributed by atoms with van der Waals surface area (Å²) in [6.45, 7) is 1.33. The number of carbonyl (C=O) groups is 1. The second kappa shape index (κ2) is 6.14. The summed E-state index contributed by atoms with van der Waals surface area (Å²) in [7, 11) is -3.21. The van der Waals surface area contributed by atoms with E-state index in [2.05, 4.69) is 9.88 Å². The highest BCUT2D eigenvalue weighted by atomic mass is 32.2. The molecule has 26 heavy (non-hydrogen) atoms. The first kappa shape index (κ1) is 17.6. The lowest BCUT2D eigenvalue weighted by Gasteiger charge is -2.32. The van der Waals surface area contributed by atoms with E-state index in [0.29, 0.717) is 6.54 Å². The van der Waals surface area contributed by atoms with Gasteiger partial charge in [0.25, 0.3) is 0 Å². The molecule has 2 fully saturated rings. The summed E-state index contributed by atoms with van der Waals surface area (Å²) in [5.74, 6) is -0.440. The number of fused-ring (bicyclic) bond motifs is 1. The average molecular weight is 393 g/mol. The van der Waals surface area contributed by atoms with Crippen LogP contribution in [0.3, 0.4) is 0 Å². The number of hydrogen-bond acceptors (Lipinski definition) is 6. The number of likely N-dealkylation sites (tertiary alicyclic amines) is 1. The molecule has 0 bridgehead atoms. The average Bonchev–Trinajstić information content (AvgIpc) is 3.19. The molecule has 8 heteroatoms. The van der Waals surface area contributed by atoms with E-state index >= 15 is 0 Å². The van der Waals surface area contributed by atoms with E-state index in [1.165, 1.54) is 17.6 Å². The molecule has 1 aliphatic carbocycles. The molecular formula is C18H20N2O4S2. The smallest absolute Gasteiger partial charge is 0.324 e. The van der Waals surface area contributed by atoms with Gasteiger partial charge in [-0.05, 0) is 43.9 Å². The predicted molar refractivity (Wildman–Crippen MR) is 98.8 cm³/mol. The van der Waals surface area contributed by atoms with Crippen LogP contribution in [-0.2, 0) is 21.2 Å². The third kappa shape index (κ3) is 2.95. The highest BCUT2D eigenvalue weighted by Gasteiger charge is 2.65. The molecule has 1 saturated heterocycles. The summed E-state index contributed by atoms with van der Waals surface area (Å²) in [5.41, 5.74) is 1.05. The molecule has 2 aromatic rings. The summed E-state index contributed by atoms with van der Waals surface area (Å²) < 4.78 is 23.1. The van der Waals surface area contributed by atoms with E-state index in [9.17, 15) is 18.3 Å². The van der Waals surface area contributed by atoms with E-state index in [1.54, 1.807) is 24.3 Å². The lowest BCUT2D eigenvalue weighted by molar-refractivity contribution is -0.147. The number of rotatable bonds is 5. The zero-order chi connectivity index (χ0) is 18.5. The summed E-state index contributed by atoms with van der Waals surface area (Å²) in [6, 6.07) is 6.69. The number of nitrogens with zero attached hydrogens (tertiary/aromatic N) is 2. The van der Waals surface area contributed by atoms with Crippen molar-refractivity contribution in [1.29, 1.82) is 0 Å². The zero-order valence-corrected chi connectivity index (χ0v) is 16.0. The van der Waals surface area contributed by atoms with Gasteiger partial charge < -0.3 is 5.11 Å². The Morgan fingerprint density at radius 2 is 2.12 bits per heavy atom. The Bertz CT molecular complexity index is 952. The molecule has 2 aliphatic rings. The minimum Gasteiger partial charge on any atom is -0.480 e. The molecule has 1 aromatic carbocycles. The molecule has 0 radical (unpaired) electrons. The molecular weight excluding hydrogens is 372 g/mol. The van der Waals surface area contributed by atoms with Crippen LogP contribution in [0.5, 0.6) is 0 Å². The van der Waals surface area contributed by atoms with Crippen molar-refractivity contribution in [3.05, 3.63) is 35.3 Å². The van der Waals surface area contributed by atoms with Gasteiger partial charge in [-0.2, -0.15) is 0 Å². The minimum absolute atomic E-state index is 0.274. The number of carboxylic acid groups (broad SMARTS) is 1. The molecule has 2 atom stereocenters. The fourth-order valence-corrected chi connectivity index (χ4v) is 5.39. The predicted octanol–water partition coefficient (Wildman–Crippen LogP) is 2.65. The summed E-state index contributed by atoms with van der Waals surface area (Å²) in [4.78, 5) is 18.7. The number of aromatic nitrogens is 1. The van der Waals surface area contributed by atoms with Crippen molar-refractivity contribution in [2.45, 2.75) is 36.2 Å². The summed E-state index contributed by atoms with van der Waals surface area (Å²) in [6.07, 6.45) is 3.96. The largest absolute Gasteiger partial charge is 0.480 e. The van der Waals surface area contributed by atoms with Crippen LogP contribution in [0, 0.1) is 5.92 Å². The second-order valence-electron chi connectivity index (χ2n) is 7.13. The van der Waals surface area contributed by atoms with Gasteiger partial charge in [0.05, 0.1) is 10.6 Å². The van der Waals surface area contributed by atoms with Crippen LogP contribution in [0.15, 0.2) is 34.5 Å². The molecule has 1 aliphatic heterocycles. The molecule has 6 nitrogen and oxygen atoms in total. The lowest BCUT2D eigenvalue weighted by atomic mass is 10.0. The van der Waals surface area contributed by atoms with Gasteiger partial charge in [0.2, 0.25) is 0 Å². The lowest BCUT2D eigenvalue weighted by Crippen LogP contribution is -2.47. The van der Waals surface area contributed by atoms with Crippen molar-refractivity contribution in [3.8, 4) is 10.6 Å². The van der Waals surface area contributed by atoms with Crippen molar-refractivity contribution in [2.24, 2.45) is 5.92 Å². The first-order valence-electron chi connectivity index (χ1n) is 8.54. The van der Waals surface area contributed by atoms with E-state index in [-0.39, 0.29) is 10.8 Å². The summed E-state index contributed by atoms with van der Waals surface area (Å²) in [5, 5.41) is 12.4. The van der Waals surface area contributed by atoms with Gasteiger partial charge in [0, 0.05) is 23.7 Å². The molecule has 1 N–H and O–H groups in total. The SMILES string of the molecule is CS(=O)(=O)c1ccc(-c2nc(CN3CCC[C@@H]4C[C@@]43C(=O)O)cs2)cc1. The number of thiazole rings is 1. The topological polar surface area (TPSA) is 87.6 Å². The van der Waals surface area contributed by atoms with Crippen LogP contribution in [-0.4, -0.2) is 47.7 Å². The molecule has 1 saturated carbocycles. The number of piperidine rings is 1. The molecule has 4 rings (SSSR count). The van der Waals surface area contributed by atoms with Crippen molar-refractivity contribution in [2.75, 3.05) is 12.8 Å². The number of hydrogen-bond donors (Lipinski definition) is 1. The fourth-order valence-electron chi connectivity index (χ4n) is 3.94. The van der Waals surface area contributed by atoms with Crippen LogP contribution in [0.4, 0.5) is 0 Å². The summed E-state index contributed by atoms with van der Waals surface area (Å²) >= 11 is 1.49. The zero-order valence-electron chi connectivity index (χ0n) is 14.4. The van der Waals surface area contributed by atoms with Gasteiger partial charge >= 0.3 is 5.97 Å². The van der Waals surface area contributed by atoms with Crippen molar-refractivity contribution >= 4 is 27.1 Å². The van der Waals surface area contributed by atoms with Crippen LogP contribution in [0.1, 0.15) is 25.0 Å². The van der Waals surface area contributed by atoms with Gasteiger partial charge in [-0.3, -0.25) is 9.69 Å². The van der Waals surface area contributed by atoms with Crippen LogP contribution in [0.2, 0.25) is 0 Å². The monoisotopic (exact) mass is 392 g/mol. The van der Waals surface area contributed by atoms with Gasteiger partial charge in [0.15, 0.2) is 9.84 Å². The van der Waals surface area contributed by atoms with Crippen molar-refractivity contribution in [3.63, 3.8) is 0 Å². The first-order valence-corrected chi connectivity index (χ1v) is 11.3. The second-order valence-corrected chi connectivity index (χ2v) is 10.0. The van der Waals surface area contributed by atoms with E-state index in [0.717, 1.165) is 42.1 Å². The Labute approximate surface area is 156 Å². The van der Waals surface area contributed by atoms with Crippen molar-refractivity contribution in [1.82, 2.24) is 9.88 Å². The van der Waals surface area contributed by atoms with Gasteiger partial charge in [-0.15, -0.1) is 11.3 Å². The Kier molecular flexibility index (Phi) is 4.17. The normalized spacial score (nSPS) is 25.7. The third-order valence-corrected chi connectivity index (χ3v) is 7.49. The maximum Gasteiger partial charge on any atom is 0.324 e. The Hall–Kier alpha value is -1.77. The molecule has 1 aromatic heterocycles. The quantitative estimate of drug-likeness (QED) is 0.842. The number of carboxylic acids is 1. The number of benzene rings is 1. The maximum absolute atomic E-state index is 11.7. The molecule has 138 valence electrons. The Balaban J connectivity index is 1.52. The van der Waals surface area contributed by atoms with Gasteiger partial charge in [0.1, 0.15) is 10.5 Å². The van der Waals surface area contributed by atoms with Crippen LogP contribution in [0.25, 0.3) is 10.6 Å². The van der Waals surface area contributed by atoms with Gasteiger partial charge in [-0.25, -0.2) is 13.4 Å². The van der Waals surface area contributed by atoms with E-state index < -0.39 is 21.3 Å². The van der Waals surface area contributed by atoms with Gasteiger partial charge in [-0.1, -0.05) is 12.1 Å². The standard InChI is InChI=1S/C18H20N2O4S2/c1-26(23,24)15-6-4-12(5-7-15)16-19-14(11-25-16)10-20-8-2-3-13-9-18(13,20)17(21)22/h4-7,11,13H,2-3,8-10H2,1H3,(H,21,22)/t13-,18+/m1/s1. The highest BCUT2D eigenvalue weighted by Crippen LogP contribution is 2.54. The number of aliphatic carboxylic acids is 1. The Morgan fingerprint density at radius 1 is 1.38 bits per heavy atom. The van der Waals surface area contributed by atoms with Crippen LogP contribution < -0.4 is 0 Å². The molecule has 0 unspecified atom stereocenters. The van der Waals surface area contributed by atoms with E-state index in [4.69, 9.17) is 0 Å². The fraction of sp³-hybridized carbons (Fsp3) is 0.444.